The Morgan fingerprint density at radius 2 is 1.65 bits per heavy atom. The number of aryl methyl sites for hydroxylation is 1. The van der Waals surface area contributed by atoms with Crippen molar-refractivity contribution in [2.24, 2.45) is 5.84 Å². The molecule has 1 aliphatic rings. The predicted octanol–water partition coefficient (Wildman–Crippen LogP) is 3.05. The Morgan fingerprint density at radius 1 is 0.941 bits per heavy atom. The first kappa shape index (κ1) is 10.4. The van der Waals surface area contributed by atoms with E-state index < -0.39 is 0 Å². The number of nitrogens with two attached hydrogens (primary N) is 1. The lowest BCUT2D eigenvalue weighted by Crippen LogP contribution is -2.34. The molecule has 1 aliphatic carbocycles. The fourth-order valence-electron chi connectivity index (χ4n) is 2.60. The van der Waals surface area contributed by atoms with Gasteiger partial charge in [0.2, 0.25) is 0 Å². The summed E-state index contributed by atoms with van der Waals surface area (Å²) in [7, 11) is 0. The molecule has 0 aromatic heterocycles. The summed E-state index contributed by atoms with van der Waals surface area (Å²) in [6, 6.07) is 19.1. The summed E-state index contributed by atoms with van der Waals surface area (Å²) in [5.41, 5.74) is 3.89. The van der Waals surface area contributed by atoms with Gasteiger partial charge in [-0.05, 0) is 36.1 Å². The lowest BCUT2D eigenvalue weighted by molar-refractivity contribution is 0.632. The molecule has 1 unspecified atom stereocenters. The van der Waals surface area contributed by atoms with Crippen molar-refractivity contribution in [2.45, 2.75) is 18.9 Å². The molecular formula is C15H16N2. The summed E-state index contributed by atoms with van der Waals surface area (Å²) in [6.45, 7) is 0. The van der Waals surface area contributed by atoms with E-state index in [4.69, 9.17) is 5.84 Å². The SMILES string of the molecule is NN(c1ccccc1)C1CCc2ccccc21. The Kier molecular flexibility index (Phi) is 2.57. The smallest absolute Gasteiger partial charge is 0.0707 e. The van der Waals surface area contributed by atoms with Crippen LogP contribution >= 0.6 is 0 Å². The van der Waals surface area contributed by atoms with Gasteiger partial charge in [0.05, 0.1) is 11.7 Å². The van der Waals surface area contributed by atoms with Gasteiger partial charge < -0.3 is 5.01 Å². The summed E-state index contributed by atoms with van der Waals surface area (Å²) in [6.07, 6.45) is 2.23. The van der Waals surface area contributed by atoms with Gasteiger partial charge in [0.25, 0.3) is 0 Å². The maximum Gasteiger partial charge on any atom is 0.0707 e. The third-order valence-corrected chi connectivity index (χ3v) is 3.49. The van der Waals surface area contributed by atoms with Crippen LogP contribution in [0.15, 0.2) is 54.6 Å². The van der Waals surface area contributed by atoms with E-state index in [1.807, 2.05) is 23.2 Å². The molecule has 1 atom stereocenters. The van der Waals surface area contributed by atoms with Crippen molar-refractivity contribution >= 4 is 5.69 Å². The monoisotopic (exact) mass is 224 g/mol. The summed E-state index contributed by atoms with van der Waals surface area (Å²) in [5.74, 6) is 6.25. The van der Waals surface area contributed by atoms with E-state index in [2.05, 4.69) is 36.4 Å². The zero-order valence-corrected chi connectivity index (χ0v) is 9.71. The standard InChI is InChI=1S/C15H16N2/c16-17(13-7-2-1-3-8-13)15-11-10-12-6-4-5-9-14(12)15/h1-9,15H,10-11,16H2. The van der Waals surface area contributed by atoms with Crippen LogP contribution < -0.4 is 10.9 Å². The molecule has 0 saturated heterocycles. The van der Waals surface area contributed by atoms with Crippen molar-refractivity contribution in [1.82, 2.24) is 0 Å². The fourth-order valence-corrected chi connectivity index (χ4v) is 2.60. The van der Waals surface area contributed by atoms with Gasteiger partial charge in [-0.1, -0.05) is 42.5 Å². The van der Waals surface area contributed by atoms with E-state index in [1.54, 1.807) is 0 Å². The Hall–Kier alpha value is -1.80. The number of hydrogen-bond acceptors (Lipinski definition) is 2. The topological polar surface area (TPSA) is 29.3 Å². The second kappa shape index (κ2) is 4.22. The highest BCUT2D eigenvalue weighted by molar-refractivity contribution is 5.49. The molecule has 0 amide bonds. The van der Waals surface area contributed by atoms with Crippen molar-refractivity contribution in [3.63, 3.8) is 0 Å². The maximum atomic E-state index is 6.25. The van der Waals surface area contributed by atoms with E-state index >= 15 is 0 Å². The van der Waals surface area contributed by atoms with E-state index in [0.717, 1.165) is 18.5 Å². The highest BCUT2D eigenvalue weighted by Gasteiger charge is 2.26. The molecule has 2 N–H and O–H groups in total. The zero-order valence-electron chi connectivity index (χ0n) is 9.71. The predicted molar refractivity (Wildman–Crippen MR) is 70.6 cm³/mol. The minimum Gasteiger partial charge on any atom is -0.304 e. The summed E-state index contributed by atoms with van der Waals surface area (Å²) in [4.78, 5) is 0. The lowest BCUT2D eigenvalue weighted by Gasteiger charge is -2.26. The number of nitrogens with zero attached hydrogens (tertiary/aromatic N) is 1. The second-order valence-electron chi connectivity index (χ2n) is 4.50. The molecule has 2 aromatic carbocycles. The second-order valence-corrected chi connectivity index (χ2v) is 4.50. The molecule has 0 heterocycles. The molecule has 0 radical (unpaired) electrons. The number of rotatable bonds is 2. The first-order valence-electron chi connectivity index (χ1n) is 6.03. The van der Waals surface area contributed by atoms with Crippen molar-refractivity contribution in [2.75, 3.05) is 5.01 Å². The Labute approximate surface area is 102 Å². The third-order valence-electron chi connectivity index (χ3n) is 3.49. The van der Waals surface area contributed by atoms with Crippen LogP contribution in [0.4, 0.5) is 5.69 Å². The van der Waals surface area contributed by atoms with Gasteiger partial charge in [0.15, 0.2) is 0 Å². The highest BCUT2D eigenvalue weighted by Crippen LogP contribution is 2.36. The number of benzene rings is 2. The zero-order chi connectivity index (χ0) is 11.7. The van der Waals surface area contributed by atoms with E-state index in [9.17, 15) is 0 Å². The van der Waals surface area contributed by atoms with Crippen LogP contribution in [-0.2, 0) is 6.42 Å². The summed E-state index contributed by atoms with van der Waals surface area (Å²) in [5, 5.41) is 1.89. The van der Waals surface area contributed by atoms with Crippen molar-refractivity contribution in [3.8, 4) is 0 Å². The largest absolute Gasteiger partial charge is 0.304 e. The third kappa shape index (κ3) is 1.81. The molecule has 17 heavy (non-hydrogen) atoms. The Morgan fingerprint density at radius 3 is 2.47 bits per heavy atom. The van der Waals surface area contributed by atoms with Crippen LogP contribution in [-0.4, -0.2) is 0 Å². The van der Waals surface area contributed by atoms with Gasteiger partial charge in [0, 0.05) is 0 Å². The summed E-state index contributed by atoms with van der Waals surface area (Å²) < 4.78 is 0. The Bertz CT molecular complexity index is 507. The van der Waals surface area contributed by atoms with Gasteiger partial charge in [-0.2, -0.15) is 0 Å². The van der Waals surface area contributed by atoms with Gasteiger partial charge >= 0.3 is 0 Å². The van der Waals surface area contributed by atoms with E-state index in [-0.39, 0.29) is 0 Å². The van der Waals surface area contributed by atoms with Gasteiger partial charge in [-0.3, -0.25) is 0 Å². The number of fused-ring (bicyclic) bond motifs is 1. The molecule has 2 nitrogen and oxygen atoms in total. The van der Waals surface area contributed by atoms with Crippen LogP contribution in [0.1, 0.15) is 23.6 Å². The van der Waals surface area contributed by atoms with Crippen LogP contribution in [0.5, 0.6) is 0 Å². The van der Waals surface area contributed by atoms with Crippen molar-refractivity contribution in [3.05, 3.63) is 65.7 Å². The number of para-hydroxylation sites is 1. The molecule has 3 rings (SSSR count). The molecule has 2 aromatic rings. The average Bonchev–Trinajstić information content (AvgIpc) is 2.83. The first-order valence-corrected chi connectivity index (χ1v) is 6.03. The maximum absolute atomic E-state index is 6.25. The molecule has 86 valence electrons. The minimum atomic E-state index is 0.314. The first-order chi connectivity index (χ1) is 8.36. The molecular weight excluding hydrogens is 208 g/mol. The average molecular weight is 224 g/mol. The van der Waals surface area contributed by atoms with E-state index in [0.29, 0.717) is 6.04 Å². The molecule has 0 bridgehead atoms. The van der Waals surface area contributed by atoms with E-state index in [1.165, 1.54) is 11.1 Å². The molecule has 0 spiro atoms. The van der Waals surface area contributed by atoms with Crippen LogP contribution in [0.2, 0.25) is 0 Å². The molecule has 0 saturated carbocycles. The van der Waals surface area contributed by atoms with Crippen LogP contribution in [0.25, 0.3) is 0 Å². The number of hydrazine groups is 1. The van der Waals surface area contributed by atoms with Crippen LogP contribution in [0.3, 0.4) is 0 Å². The fraction of sp³-hybridized carbons (Fsp3) is 0.200. The quantitative estimate of drug-likeness (QED) is 0.627. The van der Waals surface area contributed by atoms with Crippen molar-refractivity contribution < 1.29 is 0 Å². The van der Waals surface area contributed by atoms with Gasteiger partial charge in [-0.15, -0.1) is 0 Å². The van der Waals surface area contributed by atoms with Crippen LogP contribution in [0, 0.1) is 0 Å². The highest BCUT2D eigenvalue weighted by atomic mass is 15.4. The number of anilines is 1. The molecule has 0 fully saturated rings. The van der Waals surface area contributed by atoms with Gasteiger partial charge in [-0.25, -0.2) is 5.84 Å². The summed E-state index contributed by atoms with van der Waals surface area (Å²) >= 11 is 0. The van der Waals surface area contributed by atoms with Gasteiger partial charge in [0.1, 0.15) is 0 Å². The molecule has 0 aliphatic heterocycles. The minimum absolute atomic E-state index is 0.314. The normalized spacial score (nSPS) is 17.8. The number of hydrogen-bond donors (Lipinski definition) is 1. The van der Waals surface area contributed by atoms with Crippen molar-refractivity contribution in [1.29, 1.82) is 0 Å². The molecule has 2 heteroatoms. The Balaban J connectivity index is 1.92. The lowest BCUT2D eigenvalue weighted by atomic mass is 10.1.